The van der Waals surface area contributed by atoms with Crippen molar-refractivity contribution in [3.05, 3.63) is 41.5 Å². The van der Waals surface area contributed by atoms with Gasteiger partial charge in [-0.2, -0.15) is 0 Å². The first-order chi connectivity index (χ1) is 9.45. The molecule has 0 bridgehead atoms. The zero-order chi connectivity index (χ0) is 14.7. The molecule has 20 heavy (non-hydrogen) atoms. The SMILES string of the molecule is Cc1nc(CC(=O)O)nc(-c2ccc(C(C)C)cc2)n1. The van der Waals surface area contributed by atoms with E-state index >= 15 is 0 Å². The van der Waals surface area contributed by atoms with Crippen LogP contribution in [0, 0.1) is 6.92 Å². The molecule has 0 aliphatic carbocycles. The van der Waals surface area contributed by atoms with Crippen LogP contribution in [0.3, 0.4) is 0 Å². The summed E-state index contributed by atoms with van der Waals surface area (Å²) in [4.78, 5) is 23.3. The number of aryl methyl sites for hydroxylation is 1. The van der Waals surface area contributed by atoms with Gasteiger partial charge < -0.3 is 5.11 Å². The maximum Gasteiger partial charge on any atom is 0.311 e. The summed E-state index contributed by atoms with van der Waals surface area (Å²) in [5.74, 6) is 0.847. The predicted molar refractivity (Wildman–Crippen MR) is 75.4 cm³/mol. The summed E-state index contributed by atoms with van der Waals surface area (Å²) in [6.45, 7) is 6.00. The number of carboxylic acids is 1. The summed E-state index contributed by atoms with van der Waals surface area (Å²) >= 11 is 0. The summed E-state index contributed by atoms with van der Waals surface area (Å²) in [5, 5.41) is 8.82. The lowest BCUT2D eigenvalue weighted by molar-refractivity contribution is -0.136. The summed E-state index contributed by atoms with van der Waals surface area (Å²) in [7, 11) is 0. The maximum atomic E-state index is 10.7. The third kappa shape index (κ3) is 3.38. The number of benzene rings is 1. The van der Waals surface area contributed by atoms with Gasteiger partial charge in [0.2, 0.25) is 0 Å². The van der Waals surface area contributed by atoms with Gasteiger partial charge in [-0.05, 0) is 18.4 Å². The van der Waals surface area contributed by atoms with Crippen molar-refractivity contribution in [3.8, 4) is 11.4 Å². The van der Waals surface area contributed by atoms with Crippen molar-refractivity contribution in [2.75, 3.05) is 0 Å². The lowest BCUT2D eigenvalue weighted by atomic mass is 10.0. The van der Waals surface area contributed by atoms with Crippen LogP contribution in [0.4, 0.5) is 0 Å². The molecular formula is C15H17N3O2. The quantitative estimate of drug-likeness (QED) is 0.925. The van der Waals surface area contributed by atoms with E-state index in [1.165, 1.54) is 5.56 Å². The van der Waals surface area contributed by atoms with Gasteiger partial charge in [-0.25, -0.2) is 15.0 Å². The van der Waals surface area contributed by atoms with Gasteiger partial charge in [0.25, 0.3) is 0 Å². The van der Waals surface area contributed by atoms with Crippen LogP contribution in [-0.2, 0) is 11.2 Å². The Morgan fingerprint density at radius 1 is 1.15 bits per heavy atom. The third-order valence-electron chi connectivity index (χ3n) is 2.94. The molecule has 2 rings (SSSR count). The van der Waals surface area contributed by atoms with Gasteiger partial charge in [-0.3, -0.25) is 4.79 Å². The average molecular weight is 271 g/mol. The molecule has 5 nitrogen and oxygen atoms in total. The minimum atomic E-state index is -0.947. The van der Waals surface area contributed by atoms with Crippen LogP contribution in [0.15, 0.2) is 24.3 Å². The van der Waals surface area contributed by atoms with E-state index in [1.54, 1.807) is 6.92 Å². The molecule has 0 aliphatic rings. The Balaban J connectivity index is 2.36. The normalized spacial score (nSPS) is 10.8. The number of aromatic nitrogens is 3. The zero-order valence-corrected chi connectivity index (χ0v) is 11.8. The number of nitrogens with zero attached hydrogens (tertiary/aromatic N) is 3. The van der Waals surface area contributed by atoms with Crippen LogP contribution >= 0.6 is 0 Å². The second kappa shape index (κ2) is 5.77. The smallest absolute Gasteiger partial charge is 0.311 e. The molecule has 0 unspecified atom stereocenters. The molecule has 0 atom stereocenters. The first-order valence-corrected chi connectivity index (χ1v) is 6.49. The molecule has 1 heterocycles. The van der Waals surface area contributed by atoms with Crippen LogP contribution < -0.4 is 0 Å². The molecule has 0 aliphatic heterocycles. The van der Waals surface area contributed by atoms with Crippen molar-refractivity contribution in [2.45, 2.75) is 33.1 Å². The molecule has 104 valence electrons. The number of rotatable bonds is 4. The Kier molecular flexibility index (Phi) is 4.08. The monoisotopic (exact) mass is 271 g/mol. The van der Waals surface area contributed by atoms with Crippen LogP contribution in [0.25, 0.3) is 11.4 Å². The van der Waals surface area contributed by atoms with E-state index in [4.69, 9.17) is 5.11 Å². The van der Waals surface area contributed by atoms with E-state index in [0.717, 1.165) is 5.56 Å². The van der Waals surface area contributed by atoms with Crippen molar-refractivity contribution in [3.63, 3.8) is 0 Å². The Bertz CT molecular complexity index is 622. The molecule has 1 N–H and O–H groups in total. The lowest BCUT2D eigenvalue weighted by Crippen LogP contribution is -2.08. The lowest BCUT2D eigenvalue weighted by Gasteiger charge is -2.07. The van der Waals surface area contributed by atoms with Crippen LogP contribution in [-0.4, -0.2) is 26.0 Å². The van der Waals surface area contributed by atoms with Crippen molar-refractivity contribution < 1.29 is 9.90 Å². The molecule has 0 fully saturated rings. The second-order valence-corrected chi connectivity index (χ2v) is 4.97. The van der Waals surface area contributed by atoms with E-state index in [0.29, 0.717) is 17.6 Å². The molecule has 2 aromatic rings. The summed E-state index contributed by atoms with van der Waals surface area (Å²) in [6.07, 6.45) is -0.194. The molecule has 1 aromatic carbocycles. The summed E-state index contributed by atoms with van der Waals surface area (Å²) in [6, 6.07) is 7.98. The van der Waals surface area contributed by atoms with E-state index < -0.39 is 5.97 Å². The molecule has 1 aromatic heterocycles. The molecule has 0 saturated heterocycles. The average Bonchev–Trinajstić information content (AvgIpc) is 2.37. The molecule has 0 saturated carbocycles. The Morgan fingerprint density at radius 2 is 1.80 bits per heavy atom. The summed E-state index contributed by atoms with van der Waals surface area (Å²) < 4.78 is 0. The van der Waals surface area contributed by atoms with E-state index in [2.05, 4.69) is 28.8 Å². The zero-order valence-electron chi connectivity index (χ0n) is 11.8. The maximum absolute atomic E-state index is 10.7. The van der Waals surface area contributed by atoms with Gasteiger partial charge >= 0.3 is 5.97 Å². The highest BCUT2D eigenvalue weighted by molar-refractivity contribution is 5.69. The van der Waals surface area contributed by atoms with E-state index in [9.17, 15) is 4.79 Å². The summed E-state index contributed by atoms with van der Waals surface area (Å²) in [5.41, 5.74) is 2.11. The number of hydrogen-bond donors (Lipinski definition) is 1. The molecule has 0 amide bonds. The van der Waals surface area contributed by atoms with Crippen LogP contribution in [0.5, 0.6) is 0 Å². The Hall–Kier alpha value is -2.30. The van der Waals surface area contributed by atoms with Gasteiger partial charge in [-0.15, -0.1) is 0 Å². The van der Waals surface area contributed by atoms with Crippen LogP contribution in [0.1, 0.15) is 37.0 Å². The van der Waals surface area contributed by atoms with Crippen molar-refractivity contribution >= 4 is 5.97 Å². The van der Waals surface area contributed by atoms with Gasteiger partial charge in [-0.1, -0.05) is 38.1 Å². The topological polar surface area (TPSA) is 76.0 Å². The second-order valence-electron chi connectivity index (χ2n) is 4.97. The number of carbonyl (C=O) groups is 1. The number of carboxylic acid groups (broad SMARTS) is 1. The molecular weight excluding hydrogens is 254 g/mol. The fraction of sp³-hybridized carbons (Fsp3) is 0.333. The highest BCUT2D eigenvalue weighted by Gasteiger charge is 2.09. The van der Waals surface area contributed by atoms with Gasteiger partial charge in [0, 0.05) is 5.56 Å². The van der Waals surface area contributed by atoms with Crippen LogP contribution in [0.2, 0.25) is 0 Å². The van der Waals surface area contributed by atoms with Gasteiger partial charge in [0.1, 0.15) is 18.1 Å². The minimum Gasteiger partial charge on any atom is -0.481 e. The largest absolute Gasteiger partial charge is 0.481 e. The Morgan fingerprint density at radius 3 is 2.35 bits per heavy atom. The first kappa shape index (κ1) is 14.1. The fourth-order valence-corrected chi connectivity index (χ4v) is 1.90. The molecule has 0 spiro atoms. The highest BCUT2D eigenvalue weighted by atomic mass is 16.4. The van der Waals surface area contributed by atoms with E-state index in [-0.39, 0.29) is 12.2 Å². The van der Waals surface area contributed by atoms with Crippen molar-refractivity contribution in [1.82, 2.24) is 15.0 Å². The van der Waals surface area contributed by atoms with Gasteiger partial charge in [0.05, 0.1) is 0 Å². The van der Waals surface area contributed by atoms with Gasteiger partial charge in [0.15, 0.2) is 5.82 Å². The highest BCUT2D eigenvalue weighted by Crippen LogP contribution is 2.20. The first-order valence-electron chi connectivity index (χ1n) is 6.49. The third-order valence-corrected chi connectivity index (χ3v) is 2.94. The molecule has 5 heteroatoms. The Labute approximate surface area is 117 Å². The predicted octanol–water partition coefficient (Wildman–Crippen LogP) is 2.60. The molecule has 0 radical (unpaired) electrons. The van der Waals surface area contributed by atoms with Crippen molar-refractivity contribution in [2.24, 2.45) is 0 Å². The standard InChI is InChI=1S/C15H17N3O2/c1-9(2)11-4-6-12(7-5-11)15-17-10(3)16-13(18-15)8-14(19)20/h4-7,9H,8H2,1-3H3,(H,19,20). The number of aliphatic carboxylic acids is 1. The fourth-order valence-electron chi connectivity index (χ4n) is 1.90. The van der Waals surface area contributed by atoms with E-state index in [1.807, 2.05) is 24.3 Å². The minimum absolute atomic E-state index is 0.194. The number of hydrogen-bond acceptors (Lipinski definition) is 4. The van der Waals surface area contributed by atoms with Crippen molar-refractivity contribution in [1.29, 1.82) is 0 Å².